The Morgan fingerprint density at radius 1 is 1.11 bits per heavy atom. The van der Waals surface area contributed by atoms with Crippen molar-refractivity contribution in [2.45, 2.75) is 25.5 Å². The summed E-state index contributed by atoms with van der Waals surface area (Å²) in [6.45, 7) is 5.76. The van der Waals surface area contributed by atoms with Crippen LogP contribution in [0, 0.1) is 0 Å². The van der Waals surface area contributed by atoms with E-state index in [0.29, 0.717) is 0 Å². The Morgan fingerprint density at radius 2 is 1.79 bits per heavy atom. The molecule has 100 valence electrons. The Kier molecular flexibility index (Phi) is 4.32. The maximum absolute atomic E-state index is 11.8. The molecule has 0 aliphatic carbocycles. The predicted molar refractivity (Wildman–Crippen MR) is 85.2 cm³/mol. The van der Waals surface area contributed by atoms with Crippen molar-refractivity contribution in [1.82, 2.24) is 0 Å². The summed E-state index contributed by atoms with van der Waals surface area (Å²) in [5.74, 6) is 0. The molecule has 0 amide bonds. The molecule has 2 nitrogen and oxygen atoms in total. The van der Waals surface area contributed by atoms with Gasteiger partial charge in [-0.15, -0.1) is 11.3 Å². The Bertz CT molecular complexity index is 594. The molecule has 1 aromatic heterocycles. The largest absolute Gasteiger partial charge is 0.234 e. The second kappa shape index (κ2) is 5.80. The molecular formula is C15H17NOS2. The van der Waals surface area contributed by atoms with Gasteiger partial charge >= 0.3 is 0 Å². The van der Waals surface area contributed by atoms with Crippen molar-refractivity contribution >= 4 is 28.5 Å². The Labute approximate surface area is 120 Å². The second-order valence-corrected chi connectivity index (χ2v) is 8.21. The van der Waals surface area contributed by atoms with Gasteiger partial charge in [-0.2, -0.15) is 4.40 Å². The van der Waals surface area contributed by atoms with E-state index in [9.17, 15) is 4.21 Å². The van der Waals surface area contributed by atoms with Crippen molar-refractivity contribution < 1.29 is 4.21 Å². The van der Waals surface area contributed by atoms with Gasteiger partial charge in [0.25, 0.3) is 0 Å². The quantitative estimate of drug-likeness (QED) is 0.775. The molecule has 2 aromatic rings. The minimum absolute atomic E-state index is 0.310. The fraction of sp³-hybridized carbons (Fsp3) is 0.267. The van der Waals surface area contributed by atoms with Crippen LogP contribution in [0.3, 0.4) is 0 Å². The number of nitrogens with zero attached hydrogens (tertiary/aromatic N) is 1. The third kappa shape index (κ3) is 3.85. The van der Waals surface area contributed by atoms with Crippen LogP contribution in [0.25, 0.3) is 10.4 Å². The van der Waals surface area contributed by atoms with Gasteiger partial charge in [0, 0.05) is 9.75 Å². The van der Waals surface area contributed by atoms with Crippen molar-refractivity contribution in [1.29, 1.82) is 0 Å². The van der Waals surface area contributed by atoms with Crippen LogP contribution in [-0.2, 0) is 11.0 Å². The zero-order chi connectivity index (χ0) is 13.9. The summed E-state index contributed by atoms with van der Waals surface area (Å²) >= 11 is 1.65. The van der Waals surface area contributed by atoms with Crippen LogP contribution >= 0.6 is 11.3 Å². The van der Waals surface area contributed by atoms with Crippen molar-refractivity contribution in [2.75, 3.05) is 0 Å². The first kappa shape index (κ1) is 14.2. The normalized spacial score (nSPS) is 13.8. The first-order chi connectivity index (χ1) is 8.97. The average molecular weight is 291 g/mol. The predicted octanol–water partition coefficient (Wildman–Crippen LogP) is 4.30. The summed E-state index contributed by atoms with van der Waals surface area (Å²) < 4.78 is 15.7. The van der Waals surface area contributed by atoms with Gasteiger partial charge in [-0.1, -0.05) is 30.3 Å². The standard InChI is InChI=1S/C15H17NOS2/c1-15(2,3)19(17)16-11-13-9-10-14(18-13)12-7-5-4-6-8-12/h4-11H,1-3H3/t19-/m1/s1. The molecule has 19 heavy (non-hydrogen) atoms. The van der Waals surface area contributed by atoms with Crippen LogP contribution < -0.4 is 0 Å². The lowest BCUT2D eigenvalue weighted by atomic mass is 10.2. The summed E-state index contributed by atoms with van der Waals surface area (Å²) in [5.41, 5.74) is 1.20. The molecule has 0 radical (unpaired) electrons. The highest BCUT2D eigenvalue weighted by molar-refractivity contribution is 7.85. The lowest BCUT2D eigenvalue weighted by Gasteiger charge is -2.12. The topological polar surface area (TPSA) is 29.4 Å². The molecule has 0 spiro atoms. The summed E-state index contributed by atoms with van der Waals surface area (Å²) in [4.78, 5) is 2.22. The molecule has 0 saturated heterocycles. The molecule has 1 aromatic carbocycles. The third-order valence-corrected chi connectivity index (χ3v) is 4.90. The number of hydrogen-bond acceptors (Lipinski definition) is 2. The van der Waals surface area contributed by atoms with Crippen molar-refractivity contribution in [2.24, 2.45) is 4.40 Å². The highest BCUT2D eigenvalue weighted by Crippen LogP contribution is 2.27. The van der Waals surface area contributed by atoms with Crippen molar-refractivity contribution in [3.05, 3.63) is 47.3 Å². The van der Waals surface area contributed by atoms with Crippen molar-refractivity contribution in [3.8, 4) is 10.4 Å². The van der Waals surface area contributed by atoms with Crippen LogP contribution in [0.1, 0.15) is 25.6 Å². The third-order valence-electron chi connectivity index (χ3n) is 2.48. The van der Waals surface area contributed by atoms with Gasteiger partial charge in [0.2, 0.25) is 0 Å². The summed E-state index contributed by atoms with van der Waals surface area (Å²) in [6.07, 6.45) is 1.71. The molecule has 0 N–H and O–H groups in total. The highest BCUT2D eigenvalue weighted by atomic mass is 32.2. The number of rotatable bonds is 3. The van der Waals surface area contributed by atoms with Crippen LogP contribution in [0.5, 0.6) is 0 Å². The minimum atomic E-state index is -1.20. The van der Waals surface area contributed by atoms with E-state index in [4.69, 9.17) is 0 Å². The fourth-order valence-electron chi connectivity index (χ4n) is 1.44. The highest BCUT2D eigenvalue weighted by Gasteiger charge is 2.18. The number of benzene rings is 1. The molecule has 1 heterocycles. The smallest absolute Gasteiger partial charge is 0.144 e. The summed E-state index contributed by atoms with van der Waals surface area (Å²) in [5, 5.41) is 0. The summed E-state index contributed by atoms with van der Waals surface area (Å²) in [7, 11) is -1.20. The first-order valence-electron chi connectivity index (χ1n) is 6.08. The maximum atomic E-state index is 11.8. The van der Waals surface area contributed by atoms with E-state index < -0.39 is 11.0 Å². The van der Waals surface area contributed by atoms with E-state index in [0.717, 1.165) is 4.88 Å². The van der Waals surface area contributed by atoms with Crippen LogP contribution in [-0.4, -0.2) is 15.2 Å². The number of thiophene rings is 1. The average Bonchev–Trinajstić information content (AvgIpc) is 2.84. The SMILES string of the molecule is CC(C)(C)[S@@](=O)N=Cc1ccc(-c2ccccc2)s1. The van der Waals surface area contributed by atoms with Gasteiger partial charge < -0.3 is 0 Å². The van der Waals surface area contributed by atoms with Gasteiger partial charge in [0.15, 0.2) is 0 Å². The monoisotopic (exact) mass is 291 g/mol. The van der Waals surface area contributed by atoms with E-state index in [1.54, 1.807) is 17.6 Å². The zero-order valence-electron chi connectivity index (χ0n) is 11.3. The Hall–Kier alpha value is -1.26. The van der Waals surface area contributed by atoms with E-state index in [2.05, 4.69) is 22.6 Å². The lowest BCUT2D eigenvalue weighted by molar-refractivity contribution is 0.651. The molecule has 2 rings (SSSR count). The van der Waals surface area contributed by atoms with Crippen LogP contribution in [0.15, 0.2) is 46.9 Å². The van der Waals surface area contributed by atoms with E-state index >= 15 is 0 Å². The van der Waals surface area contributed by atoms with Gasteiger partial charge in [0.05, 0.1) is 11.0 Å². The molecule has 0 saturated carbocycles. The minimum Gasteiger partial charge on any atom is -0.234 e. The van der Waals surface area contributed by atoms with E-state index in [-0.39, 0.29) is 4.75 Å². The molecule has 0 aliphatic heterocycles. The number of hydrogen-bond donors (Lipinski definition) is 0. The first-order valence-corrected chi connectivity index (χ1v) is 8.00. The molecule has 0 fully saturated rings. The van der Waals surface area contributed by atoms with Crippen LogP contribution in [0.4, 0.5) is 0 Å². The van der Waals surface area contributed by atoms with E-state index in [1.807, 2.05) is 45.0 Å². The van der Waals surface area contributed by atoms with Gasteiger partial charge in [-0.3, -0.25) is 0 Å². The lowest BCUT2D eigenvalue weighted by Crippen LogP contribution is -2.19. The Balaban J connectivity index is 2.15. The van der Waals surface area contributed by atoms with Gasteiger partial charge in [-0.05, 0) is 38.5 Å². The Morgan fingerprint density at radius 3 is 2.42 bits per heavy atom. The molecular weight excluding hydrogens is 274 g/mol. The molecule has 0 unspecified atom stereocenters. The fourth-order valence-corrected chi connectivity index (χ4v) is 2.92. The van der Waals surface area contributed by atoms with Gasteiger partial charge in [-0.25, -0.2) is 4.21 Å². The van der Waals surface area contributed by atoms with Crippen LogP contribution in [0.2, 0.25) is 0 Å². The zero-order valence-corrected chi connectivity index (χ0v) is 12.9. The molecule has 0 aliphatic rings. The summed E-state index contributed by atoms with van der Waals surface area (Å²) in [6, 6.07) is 14.3. The van der Waals surface area contributed by atoms with Crippen molar-refractivity contribution in [3.63, 3.8) is 0 Å². The maximum Gasteiger partial charge on any atom is 0.144 e. The molecule has 0 bridgehead atoms. The molecule has 1 atom stereocenters. The van der Waals surface area contributed by atoms with Gasteiger partial charge in [0.1, 0.15) is 11.0 Å². The van der Waals surface area contributed by atoms with E-state index in [1.165, 1.54) is 10.4 Å². The molecule has 4 heteroatoms. The second-order valence-electron chi connectivity index (χ2n) is 5.16.